The van der Waals surface area contributed by atoms with Crippen molar-refractivity contribution in [2.75, 3.05) is 14.2 Å². The summed E-state index contributed by atoms with van der Waals surface area (Å²) in [6, 6.07) is 3.82. The summed E-state index contributed by atoms with van der Waals surface area (Å²) in [5.74, 6) is -1.08. The number of rotatable bonds is 3. The minimum Gasteiger partial charge on any atom is -0.495 e. The van der Waals surface area contributed by atoms with Crippen molar-refractivity contribution in [1.29, 1.82) is 5.26 Å². The van der Waals surface area contributed by atoms with E-state index in [9.17, 15) is 13.6 Å². The van der Waals surface area contributed by atoms with Crippen molar-refractivity contribution in [2.24, 2.45) is 0 Å². The molecule has 0 aliphatic rings. The summed E-state index contributed by atoms with van der Waals surface area (Å²) < 4.78 is 34.5. The Hall–Kier alpha value is -2.16. The molecule has 0 fully saturated rings. The summed E-state index contributed by atoms with van der Waals surface area (Å²) in [6.07, 6.45) is -2.79. The molecule has 0 bridgehead atoms. The SMILES string of the molecule is COC(=O)c1ccc(C(F)F)c(OC)c1C#N. The van der Waals surface area contributed by atoms with E-state index in [1.807, 2.05) is 0 Å². The molecule has 90 valence electrons. The first-order chi connectivity index (χ1) is 8.06. The van der Waals surface area contributed by atoms with Crippen LogP contribution in [-0.2, 0) is 4.74 Å². The molecule has 4 nitrogen and oxygen atoms in total. The molecule has 17 heavy (non-hydrogen) atoms. The van der Waals surface area contributed by atoms with Crippen LogP contribution in [0.25, 0.3) is 0 Å². The first kappa shape index (κ1) is 12.9. The Kier molecular flexibility index (Phi) is 3.99. The van der Waals surface area contributed by atoms with Gasteiger partial charge in [0.1, 0.15) is 17.4 Å². The average Bonchev–Trinajstić information content (AvgIpc) is 2.35. The second kappa shape index (κ2) is 5.25. The van der Waals surface area contributed by atoms with Crippen LogP contribution in [0.2, 0.25) is 0 Å². The number of alkyl halides is 2. The number of hydrogen-bond acceptors (Lipinski definition) is 4. The minimum absolute atomic E-state index is 0.101. The first-order valence-electron chi connectivity index (χ1n) is 4.54. The quantitative estimate of drug-likeness (QED) is 0.762. The number of benzene rings is 1. The van der Waals surface area contributed by atoms with Crippen molar-refractivity contribution in [3.05, 3.63) is 28.8 Å². The number of ether oxygens (including phenoxy) is 2. The summed E-state index contributed by atoms with van der Waals surface area (Å²) in [5.41, 5.74) is -0.787. The number of carbonyl (C=O) groups excluding carboxylic acids is 1. The van der Waals surface area contributed by atoms with Gasteiger partial charge >= 0.3 is 5.97 Å². The van der Waals surface area contributed by atoms with Crippen molar-refractivity contribution < 1.29 is 23.0 Å². The summed E-state index contributed by atoms with van der Waals surface area (Å²) in [5, 5.41) is 8.90. The van der Waals surface area contributed by atoms with E-state index in [2.05, 4.69) is 4.74 Å². The van der Waals surface area contributed by atoms with Crippen LogP contribution in [0.5, 0.6) is 5.75 Å². The summed E-state index contributed by atoms with van der Waals surface area (Å²) in [7, 11) is 2.29. The fraction of sp³-hybridized carbons (Fsp3) is 0.273. The molecular formula is C11H9F2NO3. The van der Waals surface area contributed by atoms with Crippen molar-refractivity contribution in [3.8, 4) is 11.8 Å². The van der Waals surface area contributed by atoms with Gasteiger partial charge in [0.2, 0.25) is 0 Å². The van der Waals surface area contributed by atoms with Crippen molar-refractivity contribution in [3.63, 3.8) is 0 Å². The van der Waals surface area contributed by atoms with E-state index in [1.165, 1.54) is 0 Å². The zero-order chi connectivity index (χ0) is 13.0. The molecular weight excluding hydrogens is 232 g/mol. The summed E-state index contributed by atoms with van der Waals surface area (Å²) >= 11 is 0. The number of nitriles is 1. The lowest BCUT2D eigenvalue weighted by Crippen LogP contribution is -2.07. The third-order valence-corrected chi connectivity index (χ3v) is 2.14. The van der Waals surface area contributed by atoms with Gasteiger partial charge in [0, 0.05) is 0 Å². The second-order valence-electron chi connectivity index (χ2n) is 3.01. The predicted octanol–water partition coefficient (Wildman–Crippen LogP) is 2.29. The van der Waals surface area contributed by atoms with E-state index in [1.54, 1.807) is 6.07 Å². The zero-order valence-electron chi connectivity index (χ0n) is 9.16. The van der Waals surface area contributed by atoms with Crippen molar-refractivity contribution in [2.45, 2.75) is 6.43 Å². The Bertz CT molecular complexity index is 480. The molecule has 0 amide bonds. The molecule has 0 atom stereocenters. The van der Waals surface area contributed by atoms with Crippen LogP contribution in [0, 0.1) is 11.3 Å². The molecule has 0 aliphatic carbocycles. The maximum atomic E-state index is 12.6. The lowest BCUT2D eigenvalue weighted by atomic mass is 10.0. The van der Waals surface area contributed by atoms with Crippen LogP contribution in [0.15, 0.2) is 12.1 Å². The first-order valence-corrected chi connectivity index (χ1v) is 4.54. The standard InChI is InChI=1S/C11H9F2NO3/c1-16-9-7(10(12)13)4-3-6(8(9)5-14)11(15)17-2/h3-4,10H,1-2H3. The van der Waals surface area contributed by atoms with Crippen molar-refractivity contribution in [1.82, 2.24) is 0 Å². The lowest BCUT2D eigenvalue weighted by molar-refractivity contribution is 0.0599. The zero-order valence-corrected chi connectivity index (χ0v) is 9.16. The minimum atomic E-state index is -2.79. The molecule has 0 aromatic heterocycles. The van der Waals surface area contributed by atoms with Crippen LogP contribution in [-0.4, -0.2) is 20.2 Å². The highest BCUT2D eigenvalue weighted by Crippen LogP contribution is 2.33. The molecule has 1 rings (SSSR count). The fourth-order valence-electron chi connectivity index (χ4n) is 1.38. The molecule has 6 heteroatoms. The monoisotopic (exact) mass is 241 g/mol. The molecule has 1 aromatic carbocycles. The van der Waals surface area contributed by atoms with Crippen LogP contribution in [0.4, 0.5) is 8.78 Å². The smallest absolute Gasteiger partial charge is 0.339 e. The fourth-order valence-corrected chi connectivity index (χ4v) is 1.38. The maximum Gasteiger partial charge on any atom is 0.339 e. The molecule has 1 aromatic rings. The lowest BCUT2D eigenvalue weighted by Gasteiger charge is -2.11. The highest BCUT2D eigenvalue weighted by Gasteiger charge is 2.23. The topological polar surface area (TPSA) is 59.3 Å². The molecule has 0 heterocycles. The molecule has 0 radical (unpaired) electrons. The van der Waals surface area contributed by atoms with Gasteiger partial charge in [-0.25, -0.2) is 13.6 Å². The molecule has 0 aliphatic heterocycles. The van der Waals surface area contributed by atoms with Gasteiger partial charge < -0.3 is 9.47 Å². The third-order valence-electron chi connectivity index (χ3n) is 2.14. The largest absolute Gasteiger partial charge is 0.495 e. The summed E-state index contributed by atoms with van der Waals surface area (Å²) in [6.45, 7) is 0. The van der Waals surface area contributed by atoms with Gasteiger partial charge in [0.15, 0.2) is 0 Å². The Morgan fingerprint density at radius 2 is 2.06 bits per heavy atom. The maximum absolute atomic E-state index is 12.6. The van der Waals surface area contributed by atoms with Crippen LogP contribution < -0.4 is 4.74 Å². The van der Waals surface area contributed by atoms with Crippen LogP contribution >= 0.6 is 0 Å². The van der Waals surface area contributed by atoms with Crippen LogP contribution in [0.1, 0.15) is 27.9 Å². The van der Waals surface area contributed by atoms with E-state index in [0.29, 0.717) is 0 Å². The van der Waals surface area contributed by atoms with E-state index < -0.39 is 18.0 Å². The number of halogens is 2. The van der Waals surface area contributed by atoms with E-state index in [0.717, 1.165) is 26.4 Å². The third kappa shape index (κ3) is 2.33. The number of carbonyl (C=O) groups is 1. The van der Waals surface area contributed by atoms with Gasteiger partial charge in [-0.2, -0.15) is 5.26 Å². The van der Waals surface area contributed by atoms with E-state index in [4.69, 9.17) is 10.00 Å². The van der Waals surface area contributed by atoms with E-state index in [-0.39, 0.29) is 16.9 Å². The van der Waals surface area contributed by atoms with Gasteiger partial charge in [-0.1, -0.05) is 0 Å². The molecule has 0 N–H and O–H groups in total. The highest BCUT2D eigenvalue weighted by atomic mass is 19.3. The van der Waals surface area contributed by atoms with Gasteiger partial charge in [-0.15, -0.1) is 0 Å². The second-order valence-corrected chi connectivity index (χ2v) is 3.01. The van der Waals surface area contributed by atoms with E-state index >= 15 is 0 Å². The highest BCUT2D eigenvalue weighted by molar-refractivity contribution is 5.93. The number of methoxy groups -OCH3 is 2. The Balaban J connectivity index is 3.50. The normalized spacial score (nSPS) is 9.88. The number of nitrogens with zero attached hydrogens (tertiary/aromatic N) is 1. The van der Waals surface area contributed by atoms with Crippen molar-refractivity contribution >= 4 is 5.97 Å². The van der Waals surface area contributed by atoms with Gasteiger partial charge in [-0.05, 0) is 12.1 Å². The van der Waals surface area contributed by atoms with Crippen LogP contribution in [0.3, 0.4) is 0 Å². The number of hydrogen-bond donors (Lipinski definition) is 0. The molecule has 0 spiro atoms. The molecule has 0 unspecified atom stereocenters. The molecule has 0 saturated carbocycles. The Labute approximate surface area is 96.4 Å². The van der Waals surface area contributed by atoms with Gasteiger partial charge in [0.05, 0.1) is 25.3 Å². The summed E-state index contributed by atoms with van der Waals surface area (Å²) in [4.78, 5) is 11.3. The van der Waals surface area contributed by atoms with Gasteiger partial charge in [0.25, 0.3) is 6.43 Å². The predicted molar refractivity (Wildman–Crippen MR) is 54.0 cm³/mol. The average molecular weight is 241 g/mol. The Morgan fingerprint density at radius 1 is 1.41 bits per heavy atom. The molecule has 0 saturated heterocycles. The Morgan fingerprint density at radius 3 is 2.47 bits per heavy atom. The van der Waals surface area contributed by atoms with Gasteiger partial charge in [-0.3, -0.25) is 0 Å². The number of esters is 1.